The second-order valence-electron chi connectivity index (χ2n) is 3.56. The van der Waals surface area contributed by atoms with E-state index in [1.165, 1.54) is 4.90 Å². The third kappa shape index (κ3) is 1.34. The molecule has 3 amide bonds. The second kappa shape index (κ2) is 2.22. The van der Waals surface area contributed by atoms with Crippen molar-refractivity contribution in [2.45, 2.75) is 26.3 Å². The van der Waals surface area contributed by atoms with Gasteiger partial charge in [0.2, 0.25) is 0 Å². The van der Waals surface area contributed by atoms with Gasteiger partial charge in [0.05, 0.1) is 6.54 Å². The fraction of sp³-hybridized carbons (Fsp3) is 0.714. The van der Waals surface area contributed by atoms with Crippen LogP contribution in [0.4, 0.5) is 4.79 Å². The summed E-state index contributed by atoms with van der Waals surface area (Å²) in [4.78, 5) is 23.3. The fourth-order valence-electron chi connectivity index (χ4n) is 1.10. The maximum absolute atomic E-state index is 11.1. The molecule has 1 rings (SSSR count). The Bertz CT molecular complexity index is 189. The van der Waals surface area contributed by atoms with Crippen LogP contribution in [-0.2, 0) is 4.79 Å². The van der Waals surface area contributed by atoms with E-state index in [2.05, 4.69) is 5.32 Å². The summed E-state index contributed by atoms with van der Waals surface area (Å²) >= 11 is 0. The number of carbonyl (C=O) groups is 2. The van der Waals surface area contributed by atoms with E-state index in [0.717, 1.165) is 0 Å². The van der Waals surface area contributed by atoms with E-state index in [9.17, 15) is 9.59 Å². The van der Waals surface area contributed by atoms with Gasteiger partial charge in [0.15, 0.2) is 0 Å². The molecule has 0 unspecified atom stereocenters. The van der Waals surface area contributed by atoms with Crippen molar-refractivity contribution in [3.05, 3.63) is 0 Å². The number of hydrogen-bond acceptors (Lipinski definition) is 2. The zero-order valence-electron chi connectivity index (χ0n) is 6.97. The van der Waals surface area contributed by atoms with Gasteiger partial charge in [0, 0.05) is 5.54 Å². The minimum Gasteiger partial charge on any atom is -0.329 e. The zero-order valence-corrected chi connectivity index (χ0v) is 6.97. The first-order valence-corrected chi connectivity index (χ1v) is 3.54. The fourth-order valence-corrected chi connectivity index (χ4v) is 1.10. The van der Waals surface area contributed by atoms with Gasteiger partial charge in [-0.05, 0) is 20.8 Å². The Balaban J connectivity index is 2.85. The molecule has 1 saturated heterocycles. The van der Waals surface area contributed by atoms with Crippen LogP contribution in [0.5, 0.6) is 0 Å². The molecule has 0 aromatic carbocycles. The van der Waals surface area contributed by atoms with Crippen LogP contribution in [0, 0.1) is 0 Å². The Hall–Kier alpha value is -1.06. The topological polar surface area (TPSA) is 49.4 Å². The molecule has 0 spiro atoms. The van der Waals surface area contributed by atoms with E-state index in [0.29, 0.717) is 0 Å². The Kier molecular flexibility index (Phi) is 1.62. The number of nitrogens with one attached hydrogen (secondary N) is 1. The minimum absolute atomic E-state index is 0.135. The van der Waals surface area contributed by atoms with Gasteiger partial charge in [0.25, 0.3) is 5.91 Å². The van der Waals surface area contributed by atoms with Crippen molar-refractivity contribution in [2.24, 2.45) is 0 Å². The smallest absolute Gasteiger partial charge is 0.325 e. The molecule has 1 aliphatic rings. The van der Waals surface area contributed by atoms with E-state index in [1.807, 2.05) is 20.8 Å². The first kappa shape index (κ1) is 8.04. The predicted molar refractivity (Wildman–Crippen MR) is 40.0 cm³/mol. The molecular weight excluding hydrogens is 144 g/mol. The number of nitrogens with zero attached hydrogens (tertiary/aromatic N) is 1. The molecule has 62 valence electrons. The third-order valence-electron chi connectivity index (χ3n) is 1.51. The SMILES string of the molecule is CC(C)(C)N1C(=O)CNC1=O. The van der Waals surface area contributed by atoms with E-state index in [1.54, 1.807) is 0 Å². The number of hydrogen-bond donors (Lipinski definition) is 1. The highest BCUT2D eigenvalue weighted by molar-refractivity contribution is 6.02. The van der Waals surface area contributed by atoms with E-state index < -0.39 is 5.54 Å². The molecule has 0 aromatic rings. The minimum atomic E-state index is -0.405. The molecule has 0 atom stereocenters. The summed E-state index contributed by atoms with van der Waals surface area (Å²) < 4.78 is 0. The molecular formula is C7H12N2O2. The number of amides is 3. The summed E-state index contributed by atoms with van der Waals surface area (Å²) in [6.07, 6.45) is 0. The Morgan fingerprint density at radius 1 is 1.36 bits per heavy atom. The van der Waals surface area contributed by atoms with Crippen molar-refractivity contribution in [1.82, 2.24) is 10.2 Å². The summed E-state index contributed by atoms with van der Waals surface area (Å²) in [6.45, 7) is 5.62. The zero-order chi connectivity index (χ0) is 8.65. The Morgan fingerprint density at radius 2 is 1.91 bits per heavy atom. The van der Waals surface area contributed by atoms with Crippen LogP contribution in [0.25, 0.3) is 0 Å². The van der Waals surface area contributed by atoms with Crippen LogP contribution in [0.1, 0.15) is 20.8 Å². The lowest BCUT2D eigenvalue weighted by Crippen LogP contribution is -2.45. The van der Waals surface area contributed by atoms with Crippen LogP contribution in [0.15, 0.2) is 0 Å². The van der Waals surface area contributed by atoms with Crippen LogP contribution < -0.4 is 5.32 Å². The van der Waals surface area contributed by atoms with Crippen molar-refractivity contribution in [3.8, 4) is 0 Å². The lowest BCUT2D eigenvalue weighted by molar-refractivity contribution is -0.128. The van der Waals surface area contributed by atoms with Crippen molar-refractivity contribution in [2.75, 3.05) is 6.54 Å². The van der Waals surface area contributed by atoms with E-state index in [4.69, 9.17) is 0 Å². The third-order valence-corrected chi connectivity index (χ3v) is 1.51. The van der Waals surface area contributed by atoms with Crippen LogP contribution in [0.3, 0.4) is 0 Å². The van der Waals surface area contributed by atoms with Gasteiger partial charge in [-0.1, -0.05) is 0 Å². The van der Waals surface area contributed by atoms with Gasteiger partial charge in [-0.2, -0.15) is 0 Å². The van der Waals surface area contributed by atoms with Gasteiger partial charge >= 0.3 is 6.03 Å². The normalized spacial score (nSPS) is 19.0. The Morgan fingerprint density at radius 3 is 2.09 bits per heavy atom. The highest BCUT2D eigenvalue weighted by atomic mass is 16.2. The van der Waals surface area contributed by atoms with Crippen molar-refractivity contribution in [3.63, 3.8) is 0 Å². The lowest BCUT2D eigenvalue weighted by Gasteiger charge is -2.28. The maximum Gasteiger partial charge on any atom is 0.325 e. The molecule has 11 heavy (non-hydrogen) atoms. The summed E-state index contributed by atoms with van der Waals surface area (Å²) in [5.74, 6) is -0.150. The van der Waals surface area contributed by atoms with E-state index >= 15 is 0 Å². The molecule has 4 nitrogen and oxygen atoms in total. The molecule has 4 heteroatoms. The average Bonchev–Trinajstić information content (AvgIpc) is 2.08. The first-order valence-electron chi connectivity index (χ1n) is 3.54. The number of rotatable bonds is 0. The second-order valence-corrected chi connectivity index (χ2v) is 3.56. The van der Waals surface area contributed by atoms with Crippen molar-refractivity contribution in [1.29, 1.82) is 0 Å². The predicted octanol–water partition coefficient (Wildman–Crippen LogP) is 0.337. The lowest BCUT2D eigenvalue weighted by atomic mass is 10.1. The first-order chi connectivity index (χ1) is 4.93. The summed E-state index contributed by atoms with van der Waals surface area (Å²) in [7, 11) is 0. The summed E-state index contributed by atoms with van der Waals surface area (Å²) in [5, 5.41) is 2.46. The molecule has 0 aliphatic carbocycles. The monoisotopic (exact) mass is 156 g/mol. The van der Waals surface area contributed by atoms with Crippen molar-refractivity contribution < 1.29 is 9.59 Å². The van der Waals surface area contributed by atoms with Crippen LogP contribution >= 0.6 is 0 Å². The average molecular weight is 156 g/mol. The summed E-state index contributed by atoms with van der Waals surface area (Å²) in [5.41, 5.74) is -0.405. The number of imide groups is 1. The molecule has 0 aromatic heterocycles. The molecule has 0 bridgehead atoms. The van der Waals surface area contributed by atoms with Crippen molar-refractivity contribution >= 4 is 11.9 Å². The van der Waals surface area contributed by atoms with Gasteiger partial charge in [-0.3, -0.25) is 9.69 Å². The quantitative estimate of drug-likeness (QED) is 0.514. The number of carbonyl (C=O) groups excluding carboxylic acids is 2. The highest BCUT2D eigenvalue weighted by Gasteiger charge is 2.36. The van der Waals surface area contributed by atoms with E-state index in [-0.39, 0.29) is 18.5 Å². The Labute approximate surface area is 65.6 Å². The van der Waals surface area contributed by atoms with Crippen LogP contribution in [0.2, 0.25) is 0 Å². The van der Waals surface area contributed by atoms with Crippen LogP contribution in [-0.4, -0.2) is 28.9 Å². The largest absolute Gasteiger partial charge is 0.329 e. The molecule has 1 fully saturated rings. The molecule has 0 saturated carbocycles. The highest BCUT2D eigenvalue weighted by Crippen LogP contribution is 2.15. The molecule has 1 heterocycles. The van der Waals surface area contributed by atoms with Gasteiger partial charge < -0.3 is 5.32 Å². The number of urea groups is 1. The van der Waals surface area contributed by atoms with Gasteiger partial charge in [-0.15, -0.1) is 0 Å². The van der Waals surface area contributed by atoms with Gasteiger partial charge in [-0.25, -0.2) is 4.79 Å². The maximum atomic E-state index is 11.1. The molecule has 1 aliphatic heterocycles. The molecule has 1 N–H and O–H groups in total. The molecule has 0 radical (unpaired) electrons. The standard InChI is InChI=1S/C7H12N2O2/c1-7(2,3)9-5(10)4-8-6(9)11/h4H2,1-3H3,(H,8,11). The summed E-state index contributed by atoms with van der Waals surface area (Å²) in [6, 6.07) is -0.289. The van der Waals surface area contributed by atoms with Gasteiger partial charge in [0.1, 0.15) is 0 Å².